The van der Waals surface area contributed by atoms with Gasteiger partial charge in [-0.1, -0.05) is 30.3 Å². The van der Waals surface area contributed by atoms with Crippen LogP contribution < -0.4 is 10.6 Å². The summed E-state index contributed by atoms with van der Waals surface area (Å²) in [5, 5.41) is 10.9. The van der Waals surface area contributed by atoms with E-state index >= 15 is 0 Å². The molecule has 0 spiro atoms. The first-order valence-electron chi connectivity index (χ1n) is 8.10. The number of hydrogen-bond acceptors (Lipinski definition) is 5. The van der Waals surface area contributed by atoms with Crippen molar-refractivity contribution in [2.24, 2.45) is 4.99 Å². The van der Waals surface area contributed by atoms with Crippen LogP contribution in [-0.4, -0.2) is 29.5 Å². The van der Waals surface area contributed by atoms with Gasteiger partial charge in [0.25, 0.3) is 0 Å². The molecule has 0 bridgehead atoms. The topological polar surface area (TPSA) is 62.2 Å². The summed E-state index contributed by atoms with van der Waals surface area (Å²) in [7, 11) is 1.78. The van der Waals surface area contributed by atoms with Gasteiger partial charge in [0.15, 0.2) is 5.96 Å². The number of rotatable bonds is 6. The molecule has 2 aromatic heterocycles. The van der Waals surface area contributed by atoms with Gasteiger partial charge >= 0.3 is 0 Å². The summed E-state index contributed by atoms with van der Waals surface area (Å²) < 4.78 is 0. The van der Waals surface area contributed by atoms with Crippen molar-refractivity contribution in [1.29, 1.82) is 0 Å². The third kappa shape index (κ3) is 5.11. The van der Waals surface area contributed by atoms with Gasteiger partial charge in [-0.15, -0.1) is 22.7 Å². The third-order valence-electron chi connectivity index (χ3n) is 3.53. The summed E-state index contributed by atoms with van der Waals surface area (Å²) in [6, 6.07) is 10.2. The van der Waals surface area contributed by atoms with Crippen LogP contribution in [0.2, 0.25) is 0 Å². The molecular formula is C18H21N5S2. The van der Waals surface area contributed by atoms with E-state index in [1.54, 1.807) is 29.7 Å². The van der Waals surface area contributed by atoms with Gasteiger partial charge in [0.1, 0.15) is 5.01 Å². The average molecular weight is 372 g/mol. The van der Waals surface area contributed by atoms with Crippen molar-refractivity contribution < 1.29 is 0 Å². The summed E-state index contributed by atoms with van der Waals surface area (Å²) in [4.78, 5) is 14.6. The fourth-order valence-corrected chi connectivity index (χ4v) is 3.91. The second-order valence-electron chi connectivity index (χ2n) is 5.48. The number of aromatic nitrogens is 2. The molecule has 0 aliphatic rings. The van der Waals surface area contributed by atoms with Gasteiger partial charge in [-0.25, -0.2) is 9.97 Å². The van der Waals surface area contributed by atoms with Gasteiger partial charge in [-0.2, -0.15) is 0 Å². The molecule has 5 nitrogen and oxygen atoms in total. The molecule has 0 radical (unpaired) electrons. The number of guanidine groups is 1. The van der Waals surface area contributed by atoms with E-state index in [4.69, 9.17) is 0 Å². The second-order valence-corrected chi connectivity index (χ2v) is 7.65. The van der Waals surface area contributed by atoms with Crippen molar-refractivity contribution in [2.75, 3.05) is 13.6 Å². The van der Waals surface area contributed by atoms with E-state index in [-0.39, 0.29) is 0 Å². The predicted molar refractivity (Wildman–Crippen MR) is 106 cm³/mol. The number of aryl methyl sites for hydroxylation is 1. The van der Waals surface area contributed by atoms with Crippen molar-refractivity contribution >= 4 is 28.6 Å². The molecule has 2 heterocycles. The first kappa shape index (κ1) is 17.6. The molecule has 2 N–H and O–H groups in total. The van der Waals surface area contributed by atoms with E-state index < -0.39 is 0 Å². The Balaban J connectivity index is 1.47. The zero-order valence-corrected chi connectivity index (χ0v) is 16.0. The van der Waals surface area contributed by atoms with Crippen LogP contribution in [0.3, 0.4) is 0 Å². The Morgan fingerprint density at radius 3 is 2.76 bits per heavy atom. The van der Waals surface area contributed by atoms with Crippen LogP contribution in [0.5, 0.6) is 0 Å². The lowest BCUT2D eigenvalue weighted by Crippen LogP contribution is -2.37. The van der Waals surface area contributed by atoms with Gasteiger partial charge in [0.05, 0.1) is 17.2 Å². The van der Waals surface area contributed by atoms with Gasteiger partial charge in [-0.05, 0) is 6.92 Å². The zero-order valence-electron chi connectivity index (χ0n) is 14.3. The van der Waals surface area contributed by atoms with Crippen molar-refractivity contribution in [3.8, 4) is 10.6 Å². The number of nitrogens with one attached hydrogen (secondary N) is 2. The molecule has 0 aliphatic heterocycles. The molecule has 0 atom stereocenters. The van der Waals surface area contributed by atoms with Crippen LogP contribution in [0.1, 0.15) is 15.6 Å². The van der Waals surface area contributed by atoms with Crippen LogP contribution in [0.25, 0.3) is 10.6 Å². The standard InChI is InChI=1S/C18H21N5S2/c1-13-10-21-16(25-13)8-9-20-18(19-2)22-11-15-12-24-17(23-15)14-6-4-3-5-7-14/h3-7,10,12H,8-9,11H2,1-2H3,(H2,19,20,22). The van der Waals surface area contributed by atoms with Gasteiger partial charge in [0.2, 0.25) is 0 Å². The van der Waals surface area contributed by atoms with E-state index in [1.165, 1.54) is 4.88 Å². The molecule has 0 saturated carbocycles. The SMILES string of the molecule is CN=C(NCCc1ncc(C)s1)NCc1csc(-c2ccccc2)n1. The molecule has 3 aromatic rings. The number of thiazole rings is 2. The smallest absolute Gasteiger partial charge is 0.191 e. The molecule has 0 saturated heterocycles. The Bertz CT molecular complexity index is 823. The van der Waals surface area contributed by atoms with Gasteiger partial charge in [0, 0.05) is 42.0 Å². The molecule has 1 aromatic carbocycles. The Morgan fingerprint density at radius 2 is 2.04 bits per heavy atom. The van der Waals surface area contributed by atoms with E-state index in [1.807, 2.05) is 24.4 Å². The molecule has 25 heavy (non-hydrogen) atoms. The first-order valence-corrected chi connectivity index (χ1v) is 9.80. The maximum absolute atomic E-state index is 4.68. The monoisotopic (exact) mass is 371 g/mol. The van der Waals surface area contributed by atoms with E-state index in [2.05, 4.69) is 50.0 Å². The van der Waals surface area contributed by atoms with Crippen LogP contribution in [-0.2, 0) is 13.0 Å². The highest BCUT2D eigenvalue weighted by Gasteiger charge is 2.05. The molecule has 7 heteroatoms. The van der Waals surface area contributed by atoms with Crippen molar-refractivity contribution in [3.05, 3.63) is 57.5 Å². The van der Waals surface area contributed by atoms with Crippen molar-refractivity contribution in [1.82, 2.24) is 20.6 Å². The molecular weight excluding hydrogens is 350 g/mol. The minimum Gasteiger partial charge on any atom is -0.356 e. The fraction of sp³-hybridized carbons (Fsp3) is 0.278. The lowest BCUT2D eigenvalue weighted by Gasteiger charge is -2.10. The normalized spacial score (nSPS) is 11.5. The van der Waals surface area contributed by atoms with Crippen molar-refractivity contribution in [3.63, 3.8) is 0 Å². The van der Waals surface area contributed by atoms with E-state index in [9.17, 15) is 0 Å². The largest absolute Gasteiger partial charge is 0.356 e. The third-order valence-corrected chi connectivity index (χ3v) is 5.45. The summed E-state index contributed by atoms with van der Waals surface area (Å²) >= 11 is 3.40. The van der Waals surface area contributed by atoms with Crippen LogP contribution >= 0.6 is 22.7 Å². The van der Waals surface area contributed by atoms with Crippen LogP contribution in [0, 0.1) is 6.92 Å². The highest BCUT2D eigenvalue weighted by atomic mass is 32.1. The minimum atomic E-state index is 0.652. The van der Waals surface area contributed by atoms with Crippen LogP contribution in [0.4, 0.5) is 0 Å². The number of nitrogens with zero attached hydrogens (tertiary/aromatic N) is 3. The Labute approximate surface area is 155 Å². The van der Waals surface area contributed by atoms with Gasteiger partial charge < -0.3 is 10.6 Å². The summed E-state index contributed by atoms with van der Waals surface area (Å²) in [5.41, 5.74) is 2.17. The minimum absolute atomic E-state index is 0.652. The maximum Gasteiger partial charge on any atom is 0.191 e. The molecule has 0 unspecified atom stereocenters. The maximum atomic E-state index is 4.68. The van der Waals surface area contributed by atoms with Gasteiger partial charge in [-0.3, -0.25) is 4.99 Å². The molecule has 0 amide bonds. The zero-order chi connectivity index (χ0) is 17.5. The second kappa shape index (κ2) is 8.73. The lowest BCUT2D eigenvalue weighted by atomic mass is 10.2. The van der Waals surface area contributed by atoms with Crippen molar-refractivity contribution in [2.45, 2.75) is 19.9 Å². The number of aliphatic imine (C=N–C) groups is 1. The summed E-state index contributed by atoms with van der Waals surface area (Å²) in [5.74, 6) is 0.780. The Morgan fingerprint density at radius 1 is 1.20 bits per heavy atom. The lowest BCUT2D eigenvalue weighted by molar-refractivity contribution is 0.784. The summed E-state index contributed by atoms with van der Waals surface area (Å²) in [6.45, 7) is 3.53. The first-order chi connectivity index (χ1) is 12.2. The number of hydrogen-bond donors (Lipinski definition) is 2. The quantitative estimate of drug-likeness (QED) is 0.514. The van der Waals surface area contributed by atoms with E-state index in [0.717, 1.165) is 40.2 Å². The predicted octanol–water partition coefficient (Wildman–Crippen LogP) is 3.48. The highest BCUT2D eigenvalue weighted by Crippen LogP contribution is 2.23. The average Bonchev–Trinajstić information content (AvgIpc) is 3.28. The molecule has 0 aliphatic carbocycles. The Kier molecular flexibility index (Phi) is 6.14. The summed E-state index contributed by atoms with van der Waals surface area (Å²) in [6.07, 6.45) is 2.81. The van der Waals surface area contributed by atoms with Crippen LogP contribution in [0.15, 0.2) is 46.9 Å². The fourth-order valence-electron chi connectivity index (χ4n) is 2.30. The highest BCUT2D eigenvalue weighted by molar-refractivity contribution is 7.13. The van der Waals surface area contributed by atoms with E-state index in [0.29, 0.717) is 6.54 Å². The molecule has 130 valence electrons. The molecule has 0 fully saturated rings. The Hall–Kier alpha value is -2.25. The molecule has 3 rings (SSSR count). The number of benzene rings is 1.